The number of aromatic hydroxyl groups is 1. The molecule has 0 aliphatic carbocycles. The predicted octanol–water partition coefficient (Wildman–Crippen LogP) is 1.02. The largest absolute Gasteiger partial charge is 0.507 e. The number of carbonyl (C=O) groups excluding carboxylic acids is 1. The molecule has 0 aromatic heterocycles. The molecule has 0 spiro atoms. The van der Waals surface area contributed by atoms with Gasteiger partial charge in [-0.05, 0) is 18.2 Å². The Hall–Kier alpha value is -1.78. The average Bonchev–Trinajstić information content (AvgIpc) is 2.08. The summed E-state index contributed by atoms with van der Waals surface area (Å²) >= 11 is 0. The fourth-order valence-corrected chi connectivity index (χ4v) is 0.759. The smallest absolute Gasteiger partial charge is 0.383 e. The van der Waals surface area contributed by atoms with E-state index in [1.54, 1.807) is 0 Å². The van der Waals surface area contributed by atoms with Crippen molar-refractivity contribution in [3.8, 4) is 5.75 Å². The van der Waals surface area contributed by atoms with Crippen LogP contribution in [0.4, 0.5) is 10.2 Å². The molecule has 3 N–H and O–H groups in total. The van der Waals surface area contributed by atoms with Crippen molar-refractivity contribution in [1.82, 2.24) is 0 Å². The normalized spacial score (nSPS) is 9.42. The second kappa shape index (κ2) is 3.08. The molecule has 0 aliphatic rings. The Kier molecular flexibility index (Phi) is 2.14. The minimum Gasteiger partial charge on any atom is -0.507 e. The van der Waals surface area contributed by atoms with Gasteiger partial charge in [0.15, 0.2) is 0 Å². The van der Waals surface area contributed by atoms with Gasteiger partial charge in [0.25, 0.3) is 0 Å². The van der Waals surface area contributed by atoms with E-state index in [9.17, 15) is 9.32 Å². The highest BCUT2D eigenvalue weighted by molar-refractivity contribution is 5.92. The first-order valence-corrected chi connectivity index (χ1v) is 3.06. The molecule has 0 fully saturated rings. The molecular formula is C7H6FNO3. The standard InChI is InChI=1S/C7H6FNO3/c8-12-7(11)5-3-4(9)1-2-6(5)10/h1-3,10H,9H2. The number of carbonyl (C=O) groups is 1. The number of phenolic OH excluding ortho intramolecular Hbond substituents is 1. The van der Waals surface area contributed by atoms with Gasteiger partial charge in [-0.15, -0.1) is 0 Å². The number of hydrogen-bond donors (Lipinski definition) is 2. The number of benzene rings is 1. The maximum atomic E-state index is 11.4. The Morgan fingerprint density at radius 2 is 2.25 bits per heavy atom. The lowest BCUT2D eigenvalue weighted by Crippen LogP contribution is -2.00. The van der Waals surface area contributed by atoms with Crippen LogP contribution in [0.2, 0.25) is 0 Å². The summed E-state index contributed by atoms with van der Waals surface area (Å²) in [6, 6.07) is 3.68. The molecule has 1 aromatic carbocycles. The van der Waals surface area contributed by atoms with Crippen LogP contribution in [0.1, 0.15) is 10.4 Å². The Morgan fingerprint density at radius 1 is 1.58 bits per heavy atom. The van der Waals surface area contributed by atoms with Gasteiger partial charge in [0.1, 0.15) is 11.3 Å². The summed E-state index contributed by atoms with van der Waals surface area (Å²) in [5, 5.41) is 9.01. The van der Waals surface area contributed by atoms with Crippen LogP contribution in [0.3, 0.4) is 0 Å². The molecule has 0 unspecified atom stereocenters. The van der Waals surface area contributed by atoms with Crippen LogP contribution in [0.25, 0.3) is 0 Å². The maximum Gasteiger partial charge on any atom is 0.383 e. The molecule has 12 heavy (non-hydrogen) atoms. The van der Waals surface area contributed by atoms with Gasteiger partial charge in [-0.1, -0.05) is 0 Å². The van der Waals surface area contributed by atoms with Crippen molar-refractivity contribution in [2.45, 2.75) is 0 Å². The molecule has 0 heterocycles. The van der Waals surface area contributed by atoms with E-state index in [2.05, 4.69) is 4.94 Å². The zero-order chi connectivity index (χ0) is 9.14. The van der Waals surface area contributed by atoms with Crippen LogP contribution in [-0.4, -0.2) is 11.1 Å². The zero-order valence-corrected chi connectivity index (χ0v) is 5.95. The summed E-state index contributed by atoms with van der Waals surface area (Å²) in [6.07, 6.45) is 0. The van der Waals surface area contributed by atoms with Crippen molar-refractivity contribution < 1.29 is 19.4 Å². The molecule has 0 amide bonds. The highest BCUT2D eigenvalue weighted by atomic mass is 19.3. The summed E-state index contributed by atoms with van der Waals surface area (Å²) in [5.74, 6) is -1.63. The fourth-order valence-electron chi connectivity index (χ4n) is 0.759. The first-order chi connectivity index (χ1) is 5.65. The van der Waals surface area contributed by atoms with Crippen molar-refractivity contribution in [2.24, 2.45) is 0 Å². The molecule has 64 valence electrons. The SMILES string of the molecule is Nc1ccc(O)c(C(=O)OF)c1. The van der Waals surface area contributed by atoms with E-state index in [0.29, 0.717) is 0 Å². The Balaban J connectivity index is 3.13. The van der Waals surface area contributed by atoms with Gasteiger partial charge in [0.05, 0.1) is 0 Å². The number of hydrogen-bond acceptors (Lipinski definition) is 4. The Bertz CT molecular complexity index is 314. The molecule has 5 heteroatoms. The lowest BCUT2D eigenvalue weighted by molar-refractivity contribution is -0.0789. The van der Waals surface area contributed by atoms with Gasteiger partial charge in [-0.3, -0.25) is 0 Å². The summed E-state index contributed by atoms with van der Waals surface area (Å²) < 4.78 is 11.4. The third-order valence-corrected chi connectivity index (χ3v) is 1.31. The minimum absolute atomic E-state index is 0.244. The van der Waals surface area contributed by atoms with Crippen molar-refractivity contribution in [3.05, 3.63) is 23.8 Å². The van der Waals surface area contributed by atoms with Crippen LogP contribution in [0.5, 0.6) is 5.75 Å². The van der Waals surface area contributed by atoms with Crippen molar-refractivity contribution in [1.29, 1.82) is 0 Å². The number of halogens is 1. The monoisotopic (exact) mass is 171 g/mol. The topological polar surface area (TPSA) is 72.5 Å². The zero-order valence-electron chi connectivity index (χ0n) is 5.95. The van der Waals surface area contributed by atoms with Crippen LogP contribution >= 0.6 is 0 Å². The van der Waals surface area contributed by atoms with Gasteiger partial charge in [0.2, 0.25) is 0 Å². The molecule has 0 bridgehead atoms. The molecule has 0 saturated carbocycles. The number of phenols is 1. The van der Waals surface area contributed by atoms with Gasteiger partial charge in [-0.2, -0.15) is 0 Å². The van der Waals surface area contributed by atoms with Crippen LogP contribution < -0.4 is 5.73 Å². The molecule has 0 saturated heterocycles. The molecular weight excluding hydrogens is 165 g/mol. The van der Waals surface area contributed by atoms with E-state index in [4.69, 9.17) is 10.8 Å². The number of anilines is 1. The third-order valence-electron chi connectivity index (χ3n) is 1.31. The molecule has 0 radical (unpaired) electrons. The van der Waals surface area contributed by atoms with Gasteiger partial charge in [-0.25, -0.2) is 9.74 Å². The van der Waals surface area contributed by atoms with E-state index in [0.717, 1.165) is 6.07 Å². The van der Waals surface area contributed by atoms with Crippen LogP contribution in [0.15, 0.2) is 18.2 Å². The first-order valence-electron chi connectivity index (χ1n) is 3.06. The van der Waals surface area contributed by atoms with Gasteiger partial charge >= 0.3 is 5.97 Å². The lowest BCUT2D eigenvalue weighted by Gasteiger charge is -1.99. The second-order valence-electron chi connectivity index (χ2n) is 2.14. The lowest BCUT2D eigenvalue weighted by atomic mass is 10.2. The number of nitrogens with two attached hydrogens (primary N) is 1. The maximum absolute atomic E-state index is 11.4. The summed E-state index contributed by atoms with van der Waals surface area (Å²) in [5.41, 5.74) is 5.23. The average molecular weight is 171 g/mol. The molecule has 4 nitrogen and oxygen atoms in total. The highest BCUT2D eigenvalue weighted by Crippen LogP contribution is 2.20. The highest BCUT2D eigenvalue weighted by Gasteiger charge is 2.13. The predicted molar refractivity (Wildman–Crippen MR) is 39.0 cm³/mol. The van der Waals surface area contributed by atoms with E-state index >= 15 is 0 Å². The quantitative estimate of drug-likeness (QED) is 0.488. The van der Waals surface area contributed by atoms with Crippen LogP contribution in [-0.2, 0) is 4.94 Å². The molecule has 0 aliphatic heterocycles. The van der Waals surface area contributed by atoms with Gasteiger partial charge in [0, 0.05) is 10.2 Å². The molecule has 1 aromatic rings. The minimum atomic E-state index is -1.26. The fraction of sp³-hybridized carbons (Fsp3) is 0. The van der Waals surface area contributed by atoms with E-state index < -0.39 is 5.97 Å². The summed E-state index contributed by atoms with van der Waals surface area (Å²) in [7, 11) is 0. The van der Waals surface area contributed by atoms with Crippen molar-refractivity contribution in [3.63, 3.8) is 0 Å². The third kappa shape index (κ3) is 1.45. The molecule has 1 rings (SSSR count). The number of rotatable bonds is 1. The Morgan fingerprint density at radius 3 is 2.83 bits per heavy atom. The number of nitrogen functional groups attached to an aromatic ring is 1. The molecule has 0 atom stereocenters. The summed E-state index contributed by atoms with van der Waals surface area (Å²) in [4.78, 5) is 13.5. The van der Waals surface area contributed by atoms with Gasteiger partial charge < -0.3 is 10.8 Å². The van der Waals surface area contributed by atoms with Crippen molar-refractivity contribution in [2.75, 3.05) is 5.73 Å². The Labute approximate surface area is 67.3 Å². The summed E-state index contributed by atoms with van der Waals surface area (Å²) in [6.45, 7) is 0. The van der Waals surface area contributed by atoms with E-state index in [1.807, 2.05) is 0 Å². The second-order valence-corrected chi connectivity index (χ2v) is 2.14. The van der Waals surface area contributed by atoms with Crippen molar-refractivity contribution >= 4 is 11.7 Å². The first kappa shape index (κ1) is 8.32. The van der Waals surface area contributed by atoms with E-state index in [-0.39, 0.29) is 17.0 Å². The van der Waals surface area contributed by atoms with E-state index in [1.165, 1.54) is 12.1 Å². The van der Waals surface area contributed by atoms with Crippen LogP contribution in [0, 0.1) is 0 Å².